The Morgan fingerprint density at radius 1 is 1.38 bits per heavy atom. The number of hydrogen-bond acceptors (Lipinski definition) is 5. The fourth-order valence-corrected chi connectivity index (χ4v) is 5.32. The highest BCUT2D eigenvalue weighted by Crippen LogP contribution is 2.47. The average molecular weight is 371 g/mol. The molecule has 0 bridgehead atoms. The summed E-state index contributed by atoms with van der Waals surface area (Å²) in [5.74, 6) is -1.70. The number of ether oxygens (including phenoxy) is 1. The quantitative estimate of drug-likeness (QED) is 0.814. The summed E-state index contributed by atoms with van der Waals surface area (Å²) in [6.07, 6.45) is 1.07. The van der Waals surface area contributed by atoms with Gasteiger partial charge in [-0.15, -0.1) is 11.3 Å². The molecule has 1 aromatic heterocycles. The number of nitrogens with one attached hydrogen (secondary N) is 1. The SMILES string of the molecule is COc1cc(C(=O)O)sc1S(=O)(=O)NC1(c2cccc(F)c2)CC1. The summed E-state index contributed by atoms with van der Waals surface area (Å²) in [6.45, 7) is 0. The van der Waals surface area contributed by atoms with Crippen LogP contribution < -0.4 is 9.46 Å². The second-order valence-electron chi connectivity index (χ2n) is 5.47. The van der Waals surface area contributed by atoms with Crippen LogP contribution in [0.2, 0.25) is 0 Å². The van der Waals surface area contributed by atoms with Crippen LogP contribution in [0.1, 0.15) is 28.1 Å². The van der Waals surface area contributed by atoms with E-state index in [0.29, 0.717) is 29.7 Å². The molecule has 0 aliphatic heterocycles. The monoisotopic (exact) mass is 371 g/mol. The number of thiophene rings is 1. The molecule has 0 saturated heterocycles. The topological polar surface area (TPSA) is 92.7 Å². The first-order chi connectivity index (χ1) is 11.3. The third-order valence-electron chi connectivity index (χ3n) is 3.80. The van der Waals surface area contributed by atoms with Crippen LogP contribution in [0.4, 0.5) is 4.39 Å². The van der Waals surface area contributed by atoms with Crippen molar-refractivity contribution in [1.82, 2.24) is 4.72 Å². The minimum atomic E-state index is -4.01. The standard InChI is InChI=1S/C15H14FNO5S2/c1-22-11-8-12(13(18)19)23-14(11)24(20,21)17-15(5-6-15)9-3-2-4-10(16)7-9/h2-4,7-8,17H,5-6H2,1H3,(H,18,19). The Hall–Kier alpha value is -1.97. The van der Waals surface area contributed by atoms with Crippen LogP contribution in [0.5, 0.6) is 5.75 Å². The largest absolute Gasteiger partial charge is 0.494 e. The van der Waals surface area contributed by atoms with Gasteiger partial charge in [0.1, 0.15) is 10.7 Å². The first-order valence-corrected chi connectivity index (χ1v) is 9.28. The number of aromatic carboxylic acids is 1. The molecule has 6 nitrogen and oxygen atoms in total. The van der Waals surface area contributed by atoms with E-state index < -0.39 is 27.3 Å². The third-order valence-corrected chi connectivity index (χ3v) is 6.95. The van der Waals surface area contributed by atoms with E-state index in [2.05, 4.69) is 4.72 Å². The Balaban J connectivity index is 1.96. The van der Waals surface area contributed by atoms with Crippen LogP contribution >= 0.6 is 11.3 Å². The Bertz CT molecular complexity index is 902. The molecule has 1 aliphatic rings. The predicted molar refractivity (Wildman–Crippen MR) is 85.5 cm³/mol. The maximum Gasteiger partial charge on any atom is 0.346 e. The summed E-state index contributed by atoms with van der Waals surface area (Å²) < 4.78 is 46.2. The molecule has 9 heteroatoms. The van der Waals surface area contributed by atoms with E-state index in [0.717, 1.165) is 0 Å². The zero-order chi connectivity index (χ0) is 17.5. The number of carbonyl (C=O) groups is 1. The lowest BCUT2D eigenvalue weighted by Gasteiger charge is -2.18. The van der Waals surface area contributed by atoms with E-state index in [1.807, 2.05) is 0 Å². The molecule has 2 N–H and O–H groups in total. The number of carboxylic acids is 1. The maximum absolute atomic E-state index is 13.4. The number of methoxy groups -OCH3 is 1. The third kappa shape index (κ3) is 3.02. The number of rotatable bonds is 6. The van der Waals surface area contributed by atoms with Gasteiger partial charge in [-0.3, -0.25) is 0 Å². The van der Waals surface area contributed by atoms with Crippen LogP contribution in [-0.2, 0) is 15.6 Å². The van der Waals surface area contributed by atoms with Gasteiger partial charge < -0.3 is 9.84 Å². The number of sulfonamides is 1. The van der Waals surface area contributed by atoms with E-state index in [1.165, 1.54) is 31.4 Å². The van der Waals surface area contributed by atoms with Gasteiger partial charge in [0.05, 0.1) is 12.6 Å². The summed E-state index contributed by atoms with van der Waals surface area (Å²) in [4.78, 5) is 10.9. The second-order valence-corrected chi connectivity index (χ2v) is 8.40. The lowest BCUT2D eigenvalue weighted by atomic mass is 10.1. The van der Waals surface area contributed by atoms with Crippen LogP contribution in [0.15, 0.2) is 34.5 Å². The lowest BCUT2D eigenvalue weighted by Crippen LogP contribution is -2.34. The number of benzene rings is 1. The Morgan fingerprint density at radius 3 is 2.62 bits per heavy atom. The van der Waals surface area contributed by atoms with Crippen molar-refractivity contribution in [2.75, 3.05) is 7.11 Å². The van der Waals surface area contributed by atoms with Crippen LogP contribution in [0, 0.1) is 5.82 Å². The molecule has 1 aromatic carbocycles. The highest BCUT2D eigenvalue weighted by Gasteiger charge is 2.48. The van der Waals surface area contributed by atoms with E-state index in [9.17, 15) is 17.6 Å². The van der Waals surface area contributed by atoms with Crippen molar-refractivity contribution in [3.05, 3.63) is 46.6 Å². The van der Waals surface area contributed by atoms with Crippen molar-refractivity contribution in [3.8, 4) is 5.75 Å². The van der Waals surface area contributed by atoms with Gasteiger partial charge in [-0.05, 0) is 30.5 Å². The molecular weight excluding hydrogens is 357 g/mol. The molecule has 0 spiro atoms. The van der Waals surface area contributed by atoms with Gasteiger partial charge in [-0.2, -0.15) is 4.72 Å². The zero-order valence-electron chi connectivity index (χ0n) is 12.6. The first kappa shape index (κ1) is 16.9. The van der Waals surface area contributed by atoms with Gasteiger partial charge in [0, 0.05) is 6.07 Å². The van der Waals surface area contributed by atoms with E-state index in [4.69, 9.17) is 9.84 Å². The molecule has 0 atom stereocenters. The van der Waals surface area contributed by atoms with Crippen molar-refractivity contribution in [1.29, 1.82) is 0 Å². The average Bonchev–Trinajstić information content (AvgIpc) is 3.13. The Labute approximate surface area is 141 Å². The summed E-state index contributed by atoms with van der Waals surface area (Å²) in [5.41, 5.74) is -0.320. The molecule has 3 rings (SSSR count). The molecule has 1 saturated carbocycles. The van der Waals surface area contributed by atoms with E-state index >= 15 is 0 Å². The maximum atomic E-state index is 13.4. The van der Waals surface area contributed by atoms with Crippen LogP contribution in [0.25, 0.3) is 0 Å². The molecule has 2 aromatic rings. The first-order valence-electron chi connectivity index (χ1n) is 6.98. The van der Waals surface area contributed by atoms with Crippen molar-refractivity contribution in [3.63, 3.8) is 0 Å². The van der Waals surface area contributed by atoms with Gasteiger partial charge >= 0.3 is 5.97 Å². The van der Waals surface area contributed by atoms with Gasteiger partial charge in [0.25, 0.3) is 10.0 Å². The summed E-state index contributed by atoms with van der Waals surface area (Å²) in [7, 11) is -2.74. The highest BCUT2D eigenvalue weighted by atomic mass is 32.2. The zero-order valence-corrected chi connectivity index (χ0v) is 14.2. The van der Waals surface area contributed by atoms with Gasteiger partial charge in [0.15, 0.2) is 9.96 Å². The summed E-state index contributed by atoms with van der Waals surface area (Å²) >= 11 is 0.617. The minimum Gasteiger partial charge on any atom is -0.494 e. The van der Waals surface area contributed by atoms with Crippen LogP contribution in [-0.4, -0.2) is 26.6 Å². The smallest absolute Gasteiger partial charge is 0.346 e. The summed E-state index contributed by atoms with van der Waals surface area (Å²) in [6, 6.07) is 6.93. The molecule has 1 heterocycles. The van der Waals surface area contributed by atoms with E-state index in [-0.39, 0.29) is 14.8 Å². The fourth-order valence-electron chi connectivity index (χ4n) is 2.46. The number of hydrogen-bond donors (Lipinski definition) is 2. The molecule has 24 heavy (non-hydrogen) atoms. The highest BCUT2D eigenvalue weighted by molar-refractivity contribution is 7.91. The summed E-state index contributed by atoms with van der Waals surface area (Å²) in [5, 5.41) is 9.04. The molecule has 0 unspecified atom stereocenters. The minimum absolute atomic E-state index is 0.0278. The number of carboxylic acid groups (broad SMARTS) is 1. The van der Waals surface area contributed by atoms with Crippen molar-refractivity contribution in [2.45, 2.75) is 22.6 Å². The van der Waals surface area contributed by atoms with Gasteiger partial charge in [-0.1, -0.05) is 12.1 Å². The van der Waals surface area contributed by atoms with Crippen LogP contribution in [0.3, 0.4) is 0 Å². The lowest BCUT2D eigenvalue weighted by molar-refractivity contribution is 0.0702. The predicted octanol–water partition coefficient (Wildman–Crippen LogP) is 2.56. The number of halogens is 1. The Morgan fingerprint density at radius 2 is 2.08 bits per heavy atom. The molecule has 1 fully saturated rings. The molecule has 0 radical (unpaired) electrons. The van der Waals surface area contributed by atoms with Gasteiger partial charge in [0.2, 0.25) is 0 Å². The Kier molecular flexibility index (Phi) is 4.10. The van der Waals surface area contributed by atoms with E-state index in [1.54, 1.807) is 6.07 Å². The van der Waals surface area contributed by atoms with Crippen molar-refractivity contribution < 1.29 is 27.4 Å². The second kappa shape index (κ2) is 5.83. The molecular formula is C15H14FNO5S2. The fraction of sp³-hybridized carbons (Fsp3) is 0.267. The normalized spacial score (nSPS) is 15.9. The van der Waals surface area contributed by atoms with Gasteiger partial charge in [-0.25, -0.2) is 17.6 Å². The van der Waals surface area contributed by atoms with Crippen molar-refractivity contribution >= 4 is 27.3 Å². The molecule has 128 valence electrons. The van der Waals surface area contributed by atoms with Crippen molar-refractivity contribution in [2.24, 2.45) is 0 Å². The molecule has 1 aliphatic carbocycles. The molecule has 0 amide bonds.